The minimum atomic E-state index is -4.63. The van der Waals surface area contributed by atoms with Gasteiger partial charge in [-0.1, -0.05) is 29.8 Å². The third-order valence-corrected chi connectivity index (χ3v) is 6.70. The van der Waals surface area contributed by atoms with Crippen molar-refractivity contribution in [1.82, 2.24) is 10.2 Å². The summed E-state index contributed by atoms with van der Waals surface area (Å²) in [4.78, 5) is 26.6. The Morgan fingerprint density at radius 3 is 2.34 bits per heavy atom. The van der Waals surface area contributed by atoms with Crippen molar-refractivity contribution in [3.63, 3.8) is 0 Å². The van der Waals surface area contributed by atoms with Gasteiger partial charge in [-0.15, -0.1) is 0 Å². The van der Waals surface area contributed by atoms with E-state index in [0.29, 0.717) is 10.6 Å². The molecule has 35 heavy (non-hydrogen) atoms. The molecule has 0 bridgehead atoms. The first-order chi connectivity index (χ1) is 16.2. The van der Waals surface area contributed by atoms with Gasteiger partial charge in [0.15, 0.2) is 0 Å². The Hall–Kier alpha value is -2.79. The summed E-state index contributed by atoms with van der Waals surface area (Å²) < 4.78 is 64.7. The molecule has 2 aromatic rings. The minimum Gasteiger partial charge on any atom is -0.357 e. The summed E-state index contributed by atoms with van der Waals surface area (Å²) in [7, 11) is -2.48. The Kier molecular flexibility index (Phi) is 9.56. The van der Waals surface area contributed by atoms with Crippen LogP contribution in [0.25, 0.3) is 0 Å². The number of hydrogen-bond acceptors (Lipinski definition) is 4. The van der Waals surface area contributed by atoms with Crippen molar-refractivity contribution in [2.24, 2.45) is 0 Å². The molecule has 7 nitrogen and oxygen atoms in total. The number of hydrogen-bond donors (Lipinski definition) is 1. The SMILES string of the molecule is CNC(=O)C(C)N(Cc1cccc(Cl)c1)C(=O)CCCN(c1cccc(C(F)(F)F)c1)S(C)(=O)=O. The van der Waals surface area contributed by atoms with Crippen molar-refractivity contribution in [3.8, 4) is 0 Å². The quantitative estimate of drug-likeness (QED) is 0.499. The summed E-state index contributed by atoms with van der Waals surface area (Å²) in [5, 5.41) is 2.96. The third kappa shape index (κ3) is 8.14. The fourth-order valence-electron chi connectivity index (χ4n) is 3.46. The van der Waals surface area contributed by atoms with Crippen molar-refractivity contribution >= 4 is 39.1 Å². The zero-order valence-electron chi connectivity index (χ0n) is 19.5. The van der Waals surface area contributed by atoms with E-state index in [2.05, 4.69) is 5.32 Å². The summed E-state index contributed by atoms with van der Waals surface area (Å²) in [6.07, 6.45) is -3.86. The molecule has 0 aliphatic rings. The molecule has 0 aliphatic carbocycles. The van der Waals surface area contributed by atoms with Crippen molar-refractivity contribution < 1.29 is 31.2 Å². The highest BCUT2D eigenvalue weighted by Crippen LogP contribution is 2.32. The van der Waals surface area contributed by atoms with Gasteiger partial charge in [0.1, 0.15) is 6.04 Å². The Labute approximate surface area is 207 Å². The number of anilines is 1. The molecule has 1 atom stereocenters. The lowest BCUT2D eigenvalue weighted by molar-refractivity contribution is -0.140. The molecule has 2 aromatic carbocycles. The maximum atomic E-state index is 13.1. The highest BCUT2D eigenvalue weighted by atomic mass is 35.5. The standard InChI is InChI=1S/C23H27ClF3N3O4S/c1-16(22(32)28-2)29(15-17-7-4-9-19(24)13-17)21(31)11-6-12-30(35(3,33)34)20-10-5-8-18(14-20)23(25,26)27/h4-5,7-10,13-14,16H,6,11-12,15H2,1-3H3,(H,28,32). The summed E-state index contributed by atoms with van der Waals surface area (Å²) in [5.74, 6) is -0.805. The van der Waals surface area contributed by atoms with E-state index in [0.717, 1.165) is 28.8 Å². The molecule has 0 aromatic heterocycles. The van der Waals surface area contributed by atoms with E-state index in [1.54, 1.807) is 31.2 Å². The Morgan fingerprint density at radius 2 is 1.77 bits per heavy atom. The molecule has 0 fully saturated rings. The van der Waals surface area contributed by atoms with E-state index in [-0.39, 0.29) is 37.5 Å². The van der Waals surface area contributed by atoms with Gasteiger partial charge in [0.05, 0.1) is 17.5 Å². The molecular weight excluding hydrogens is 507 g/mol. The first-order valence-corrected chi connectivity index (χ1v) is 12.9. The Bertz CT molecular complexity index is 1160. The first kappa shape index (κ1) is 28.4. The average molecular weight is 534 g/mol. The smallest absolute Gasteiger partial charge is 0.357 e. The lowest BCUT2D eigenvalue weighted by Gasteiger charge is -2.29. The van der Waals surface area contributed by atoms with Gasteiger partial charge in [-0.05, 0) is 49.2 Å². The van der Waals surface area contributed by atoms with E-state index < -0.39 is 33.7 Å². The molecule has 0 radical (unpaired) electrons. The van der Waals surface area contributed by atoms with Gasteiger partial charge in [0.25, 0.3) is 0 Å². The van der Waals surface area contributed by atoms with Crippen molar-refractivity contribution in [2.45, 2.75) is 38.5 Å². The van der Waals surface area contributed by atoms with Crippen LogP contribution < -0.4 is 9.62 Å². The van der Waals surface area contributed by atoms with Crippen LogP contribution in [0.3, 0.4) is 0 Å². The summed E-state index contributed by atoms with van der Waals surface area (Å²) in [5.41, 5.74) is -0.431. The highest BCUT2D eigenvalue weighted by molar-refractivity contribution is 7.92. The van der Waals surface area contributed by atoms with Crippen LogP contribution in [0, 0.1) is 0 Å². The predicted molar refractivity (Wildman–Crippen MR) is 128 cm³/mol. The fourth-order valence-corrected chi connectivity index (χ4v) is 4.63. The van der Waals surface area contributed by atoms with Crippen molar-refractivity contribution in [1.29, 1.82) is 0 Å². The lowest BCUT2D eigenvalue weighted by atomic mass is 10.1. The number of alkyl halides is 3. The third-order valence-electron chi connectivity index (χ3n) is 5.27. The monoisotopic (exact) mass is 533 g/mol. The predicted octanol–water partition coefficient (Wildman–Crippen LogP) is 4.07. The number of carbonyl (C=O) groups excluding carboxylic acids is 2. The van der Waals surface area contributed by atoms with E-state index in [1.807, 2.05) is 0 Å². The van der Waals surface area contributed by atoms with Crippen LogP contribution in [-0.4, -0.2) is 51.0 Å². The van der Waals surface area contributed by atoms with Crippen LogP contribution in [0.5, 0.6) is 0 Å². The first-order valence-electron chi connectivity index (χ1n) is 10.6. The van der Waals surface area contributed by atoms with E-state index in [4.69, 9.17) is 11.6 Å². The molecular formula is C23H27ClF3N3O4S. The number of benzene rings is 2. The number of carbonyl (C=O) groups is 2. The van der Waals surface area contributed by atoms with Gasteiger partial charge in [-0.3, -0.25) is 13.9 Å². The molecule has 0 spiro atoms. The topological polar surface area (TPSA) is 86.8 Å². The lowest BCUT2D eigenvalue weighted by Crippen LogP contribution is -2.46. The second kappa shape index (κ2) is 11.8. The molecule has 2 rings (SSSR count). The second-order valence-corrected chi connectivity index (χ2v) is 10.3. The number of amides is 2. The van der Waals surface area contributed by atoms with Crippen LogP contribution in [0.1, 0.15) is 30.9 Å². The van der Waals surface area contributed by atoms with Crippen LogP contribution in [0.2, 0.25) is 5.02 Å². The number of nitrogens with zero attached hydrogens (tertiary/aromatic N) is 2. The number of nitrogens with one attached hydrogen (secondary N) is 1. The molecule has 12 heteroatoms. The molecule has 192 valence electrons. The number of likely N-dealkylation sites (N-methyl/N-ethyl adjacent to an activating group) is 1. The molecule has 2 amide bonds. The van der Waals surface area contributed by atoms with Crippen molar-refractivity contribution in [2.75, 3.05) is 24.2 Å². The summed E-state index contributed by atoms with van der Waals surface area (Å²) in [6.45, 7) is 1.44. The van der Waals surface area contributed by atoms with Crippen molar-refractivity contribution in [3.05, 3.63) is 64.7 Å². The fraction of sp³-hybridized carbons (Fsp3) is 0.391. The Balaban J connectivity index is 2.19. The summed E-state index contributed by atoms with van der Waals surface area (Å²) >= 11 is 6.02. The number of sulfonamides is 1. The van der Waals surface area contributed by atoms with Crippen LogP contribution in [0.15, 0.2) is 48.5 Å². The average Bonchev–Trinajstić information content (AvgIpc) is 2.78. The maximum Gasteiger partial charge on any atom is 0.416 e. The van der Waals surface area contributed by atoms with Crippen LogP contribution >= 0.6 is 11.6 Å². The van der Waals surface area contributed by atoms with Crippen LogP contribution in [0.4, 0.5) is 18.9 Å². The normalized spacial score (nSPS) is 12.7. The van der Waals surface area contributed by atoms with Crippen LogP contribution in [-0.2, 0) is 32.3 Å². The largest absolute Gasteiger partial charge is 0.416 e. The van der Waals surface area contributed by atoms with E-state index in [9.17, 15) is 31.2 Å². The highest BCUT2D eigenvalue weighted by Gasteiger charge is 2.32. The van der Waals surface area contributed by atoms with E-state index in [1.165, 1.54) is 18.0 Å². The van der Waals surface area contributed by atoms with E-state index >= 15 is 0 Å². The Morgan fingerprint density at radius 1 is 1.11 bits per heavy atom. The van der Waals surface area contributed by atoms with Gasteiger partial charge in [0.2, 0.25) is 21.8 Å². The van der Waals surface area contributed by atoms with Gasteiger partial charge in [-0.25, -0.2) is 8.42 Å². The number of rotatable bonds is 10. The molecule has 0 saturated heterocycles. The molecule has 1 N–H and O–H groups in total. The van der Waals surface area contributed by atoms with Gasteiger partial charge in [0, 0.05) is 31.6 Å². The molecule has 0 saturated carbocycles. The van der Waals surface area contributed by atoms with Gasteiger partial charge in [-0.2, -0.15) is 13.2 Å². The maximum absolute atomic E-state index is 13.1. The molecule has 0 heterocycles. The summed E-state index contributed by atoms with van der Waals surface area (Å²) in [6, 6.07) is 9.97. The molecule has 0 aliphatic heterocycles. The minimum absolute atomic E-state index is 0.0225. The molecule has 1 unspecified atom stereocenters. The zero-order chi connectivity index (χ0) is 26.4. The zero-order valence-corrected chi connectivity index (χ0v) is 21.0. The van der Waals surface area contributed by atoms with Gasteiger partial charge >= 0.3 is 6.18 Å². The number of halogens is 4. The van der Waals surface area contributed by atoms with Gasteiger partial charge < -0.3 is 10.2 Å². The second-order valence-electron chi connectivity index (χ2n) is 7.93.